The molecule has 2 rings (SSSR count). The topological polar surface area (TPSA) is 26.3 Å². The molecule has 0 amide bonds. The molecule has 1 saturated carbocycles. The molecular weight excluding hydrogens is 248 g/mol. The van der Waals surface area contributed by atoms with E-state index in [-0.39, 0.29) is 5.41 Å². The summed E-state index contributed by atoms with van der Waals surface area (Å²) in [7, 11) is 1.73. The van der Waals surface area contributed by atoms with Gasteiger partial charge in [0.1, 0.15) is 12.0 Å². The van der Waals surface area contributed by atoms with E-state index in [2.05, 4.69) is 40.7 Å². The van der Waals surface area contributed by atoms with Crippen LogP contribution in [0.5, 0.6) is 0 Å². The molecule has 0 heterocycles. The van der Waals surface area contributed by atoms with Crippen LogP contribution in [0.2, 0.25) is 0 Å². The fourth-order valence-corrected chi connectivity index (χ4v) is 4.34. The van der Waals surface area contributed by atoms with Crippen LogP contribution >= 0.6 is 0 Å². The molecule has 2 heteroatoms. The van der Waals surface area contributed by atoms with Crippen molar-refractivity contribution in [2.45, 2.75) is 41.5 Å². The van der Waals surface area contributed by atoms with Crippen molar-refractivity contribution < 1.29 is 9.53 Å². The third kappa shape index (κ3) is 2.04. The van der Waals surface area contributed by atoms with Crippen LogP contribution in [0.25, 0.3) is 0 Å². The number of fused-ring (bicyclic) bond motifs is 1. The van der Waals surface area contributed by atoms with Gasteiger partial charge in [0, 0.05) is 5.92 Å². The first-order chi connectivity index (χ1) is 9.18. The van der Waals surface area contributed by atoms with E-state index < -0.39 is 5.41 Å². The Morgan fingerprint density at radius 2 is 1.85 bits per heavy atom. The maximum Gasteiger partial charge on any atom is 0.133 e. The van der Waals surface area contributed by atoms with E-state index in [4.69, 9.17) is 4.74 Å². The Labute approximate surface area is 123 Å². The third-order valence-corrected chi connectivity index (χ3v) is 5.60. The van der Waals surface area contributed by atoms with Gasteiger partial charge in [-0.2, -0.15) is 0 Å². The van der Waals surface area contributed by atoms with Crippen molar-refractivity contribution in [1.82, 2.24) is 0 Å². The molecule has 1 fully saturated rings. The zero-order valence-electron chi connectivity index (χ0n) is 13.9. The molecule has 4 atom stereocenters. The Hall–Kier alpha value is -1.05. The highest BCUT2D eigenvalue weighted by Gasteiger charge is 2.54. The second-order valence-corrected chi connectivity index (χ2v) is 7.69. The summed E-state index contributed by atoms with van der Waals surface area (Å²) in [5, 5.41) is 0. The number of hydrogen-bond donors (Lipinski definition) is 0. The van der Waals surface area contributed by atoms with E-state index in [1.54, 1.807) is 7.11 Å². The highest BCUT2D eigenvalue weighted by molar-refractivity contribution is 5.68. The number of carbonyl (C=O) groups excluding carboxylic acids is 1. The first-order valence-electron chi connectivity index (χ1n) is 7.63. The number of allylic oxidation sites excluding steroid dienone is 3. The molecule has 2 aliphatic carbocycles. The van der Waals surface area contributed by atoms with E-state index in [0.29, 0.717) is 23.7 Å². The van der Waals surface area contributed by atoms with Crippen LogP contribution in [0.1, 0.15) is 41.5 Å². The predicted molar refractivity (Wildman–Crippen MR) is 82.1 cm³/mol. The SMILES string of the molecule is COC1=CC(C)(C=O)C=C2C(C(C)C)C(C)C(C)(C)C12. The average molecular weight is 276 g/mol. The molecule has 0 aliphatic heterocycles. The summed E-state index contributed by atoms with van der Waals surface area (Å²) in [4.78, 5) is 11.5. The summed E-state index contributed by atoms with van der Waals surface area (Å²) in [6, 6.07) is 0. The van der Waals surface area contributed by atoms with Gasteiger partial charge in [0.15, 0.2) is 0 Å². The van der Waals surface area contributed by atoms with Gasteiger partial charge in [-0.1, -0.05) is 46.3 Å². The molecule has 2 nitrogen and oxygen atoms in total. The minimum absolute atomic E-state index is 0.160. The second-order valence-electron chi connectivity index (χ2n) is 7.69. The Bertz CT molecular complexity index is 470. The summed E-state index contributed by atoms with van der Waals surface area (Å²) in [5.74, 6) is 2.95. The minimum Gasteiger partial charge on any atom is -0.501 e. The quantitative estimate of drug-likeness (QED) is 0.569. The van der Waals surface area contributed by atoms with Gasteiger partial charge in [-0.25, -0.2) is 0 Å². The Morgan fingerprint density at radius 3 is 2.30 bits per heavy atom. The molecule has 0 aromatic carbocycles. The van der Waals surface area contributed by atoms with E-state index in [9.17, 15) is 4.79 Å². The van der Waals surface area contributed by atoms with Crippen molar-refractivity contribution in [2.75, 3.05) is 7.11 Å². The van der Waals surface area contributed by atoms with Crippen LogP contribution in [0.4, 0.5) is 0 Å². The monoisotopic (exact) mass is 276 g/mol. The van der Waals surface area contributed by atoms with E-state index in [0.717, 1.165) is 12.0 Å². The van der Waals surface area contributed by atoms with Gasteiger partial charge in [-0.15, -0.1) is 0 Å². The second kappa shape index (κ2) is 4.75. The van der Waals surface area contributed by atoms with Crippen LogP contribution < -0.4 is 0 Å². The Morgan fingerprint density at radius 1 is 1.25 bits per heavy atom. The summed E-state index contributed by atoms with van der Waals surface area (Å²) in [6.07, 6.45) is 5.23. The highest BCUT2D eigenvalue weighted by atomic mass is 16.5. The largest absolute Gasteiger partial charge is 0.501 e. The summed E-state index contributed by atoms with van der Waals surface area (Å²) in [6.45, 7) is 13.5. The van der Waals surface area contributed by atoms with Crippen molar-refractivity contribution in [3.8, 4) is 0 Å². The zero-order valence-corrected chi connectivity index (χ0v) is 13.9. The standard InChI is InChI=1S/C18H28O2/c1-11(2)15-12(3)17(4,5)16-13(15)8-18(6,10-19)9-14(16)20-7/h8-12,15-16H,1-7H3. The Balaban J connectivity index is 2.61. The molecule has 0 aromatic rings. The maximum absolute atomic E-state index is 11.5. The van der Waals surface area contributed by atoms with Crippen molar-refractivity contribution in [3.05, 3.63) is 23.5 Å². The lowest BCUT2D eigenvalue weighted by Crippen LogP contribution is -2.30. The van der Waals surface area contributed by atoms with Crippen LogP contribution in [0.3, 0.4) is 0 Å². The van der Waals surface area contributed by atoms with Crippen LogP contribution in [-0.2, 0) is 9.53 Å². The lowest BCUT2D eigenvalue weighted by molar-refractivity contribution is -0.112. The van der Waals surface area contributed by atoms with Gasteiger partial charge in [0.25, 0.3) is 0 Å². The summed E-state index contributed by atoms with van der Waals surface area (Å²) in [5.41, 5.74) is 1.04. The van der Waals surface area contributed by atoms with Crippen molar-refractivity contribution in [3.63, 3.8) is 0 Å². The average Bonchev–Trinajstić information content (AvgIpc) is 2.56. The number of aldehydes is 1. The molecule has 4 unspecified atom stereocenters. The first-order valence-corrected chi connectivity index (χ1v) is 7.63. The molecular formula is C18H28O2. The van der Waals surface area contributed by atoms with Gasteiger partial charge in [0.05, 0.1) is 12.5 Å². The van der Waals surface area contributed by atoms with Crippen LogP contribution in [0, 0.1) is 34.5 Å². The highest BCUT2D eigenvalue weighted by Crippen LogP contribution is 2.60. The zero-order chi connectivity index (χ0) is 15.3. The van der Waals surface area contributed by atoms with Crippen LogP contribution in [-0.4, -0.2) is 13.4 Å². The van der Waals surface area contributed by atoms with Gasteiger partial charge in [-0.3, -0.25) is 0 Å². The number of rotatable bonds is 3. The molecule has 112 valence electrons. The van der Waals surface area contributed by atoms with Gasteiger partial charge < -0.3 is 9.53 Å². The van der Waals surface area contributed by atoms with Gasteiger partial charge in [-0.05, 0) is 36.2 Å². The molecule has 2 aliphatic rings. The van der Waals surface area contributed by atoms with E-state index in [1.807, 2.05) is 13.0 Å². The first kappa shape index (κ1) is 15.3. The normalized spacial score (nSPS) is 39.1. The third-order valence-electron chi connectivity index (χ3n) is 5.60. The fourth-order valence-electron chi connectivity index (χ4n) is 4.34. The number of ether oxygens (including phenoxy) is 1. The molecule has 0 saturated heterocycles. The van der Waals surface area contributed by atoms with Gasteiger partial charge in [0.2, 0.25) is 0 Å². The molecule has 0 aromatic heterocycles. The molecule has 0 N–H and O–H groups in total. The lowest BCUT2D eigenvalue weighted by Gasteiger charge is -2.36. The number of methoxy groups -OCH3 is 1. The van der Waals surface area contributed by atoms with E-state index in [1.165, 1.54) is 5.57 Å². The Kier molecular flexibility index (Phi) is 3.64. The van der Waals surface area contributed by atoms with Crippen molar-refractivity contribution >= 4 is 6.29 Å². The smallest absolute Gasteiger partial charge is 0.133 e. The minimum atomic E-state index is -0.523. The maximum atomic E-state index is 11.5. The van der Waals surface area contributed by atoms with Gasteiger partial charge >= 0.3 is 0 Å². The van der Waals surface area contributed by atoms with Crippen molar-refractivity contribution in [2.24, 2.45) is 34.5 Å². The van der Waals surface area contributed by atoms with Crippen molar-refractivity contribution in [1.29, 1.82) is 0 Å². The summed E-state index contributed by atoms with van der Waals surface area (Å²) < 4.78 is 5.68. The number of hydrogen-bond acceptors (Lipinski definition) is 2. The summed E-state index contributed by atoms with van der Waals surface area (Å²) >= 11 is 0. The lowest BCUT2D eigenvalue weighted by atomic mass is 9.71. The van der Waals surface area contributed by atoms with Crippen LogP contribution in [0.15, 0.2) is 23.5 Å². The molecule has 0 bridgehead atoms. The molecule has 0 radical (unpaired) electrons. The predicted octanol–water partition coefficient (Wildman–Crippen LogP) is 4.23. The number of carbonyl (C=O) groups is 1. The molecule has 0 spiro atoms. The molecule has 20 heavy (non-hydrogen) atoms. The fraction of sp³-hybridized carbons (Fsp3) is 0.722. The van der Waals surface area contributed by atoms with E-state index >= 15 is 0 Å².